The van der Waals surface area contributed by atoms with Crippen molar-refractivity contribution in [1.82, 2.24) is 9.66 Å². The lowest BCUT2D eigenvalue weighted by Gasteiger charge is -2.25. The Bertz CT molecular complexity index is 709. The molecule has 1 N–H and O–H groups in total. The number of hydrogen-bond donors (Lipinski definition) is 1. The van der Waals surface area contributed by atoms with E-state index in [2.05, 4.69) is 11.5 Å². The highest BCUT2D eigenvalue weighted by Crippen LogP contribution is 2.33. The van der Waals surface area contributed by atoms with E-state index in [0.29, 0.717) is 5.92 Å². The smallest absolute Gasteiger partial charge is 0.241 e. The van der Waals surface area contributed by atoms with Gasteiger partial charge in [0.1, 0.15) is 5.82 Å². The van der Waals surface area contributed by atoms with Gasteiger partial charge in [-0.3, -0.25) is 10.2 Å². The van der Waals surface area contributed by atoms with Crippen LogP contribution in [0.4, 0.5) is 0 Å². The predicted octanol–water partition coefficient (Wildman–Crippen LogP) is 4.73. The van der Waals surface area contributed by atoms with Gasteiger partial charge in [-0.1, -0.05) is 50.7 Å². The second-order valence-corrected chi connectivity index (χ2v) is 7.44. The molecule has 2 aromatic rings. The van der Waals surface area contributed by atoms with Gasteiger partial charge in [0.2, 0.25) is 5.91 Å². The maximum Gasteiger partial charge on any atom is 0.241 e. The third-order valence-corrected chi connectivity index (χ3v) is 5.76. The lowest BCUT2D eigenvalue weighted by Crippen LogP contribution is -2.32. The fourth-order valence-corrected chi connectivity index (χ4v) is 4.36. The summed E-state index contributed by atoms with van der Waals surface area (Å²) in [6.07, 6.45) is 11.9. The van der Waals surface area contributed by atoms with E-state index in [1.165, 1.54) is 51.4 Å². The molecule has 2 aliphatic carbocycles. The zero-order valence-electron chi connectivity index (χ0n) is 14.3. The number of amides is 1. The van der Waals surface area contributed by atoms with Gasteiger partial charge in [-0.2, -0.15) is 0 Å². The molecule has 1 amide bonds. The maximum atomic E-state index is 12.8. The molecule has 4 rings (SSSR count). The van der Waals surface area contributed by atoms with Crippen molar-refractivity contribution in [2.24, 2.45) is 5.92 Å². The molecule has 0 saturated heterocycles. The number of rotatable bonds is 3. The molecule has 0 bridgehead atoms. The molecular formula is C20H27N3O. The Morgan fingerprint density at radius 2 is 1.62 bits per heavy atom. The van der Waals surface area contributed by atoms with Crippen LogP contribution in [0, 0.1) is 5.92 Å². The minimum Gasteiger partial charge on any atom is -0.273 e. The fraction of sp³-hybridized carbons (Fsp3) is 0.600. The number of nitrogens with one attached hydrogen (secondary N) is 1. The van der Waals surface area contributed by atoms with Gasteiger partial charge in [-0.15, -0.1) is 0 Å². The maximum absolute atomic E-state index is 12.8. The van der Waals surface area contributed by atoms with Crippen LogP contribution in [0.2, 0.25) is 0 Å². The Morgan fingerprint density at radius 1 is 0.958 bits per heavy atom. The van der Waals surface area contributed by atoms with Crippen LogP contribution < -0.4 is 5.43 Å². The molecule has 1 heterocycles. The van der Waals surface area contributed by atoms with Crippen molar-refractivity contribution in [2.45, 2.75) is 70.1 Å². The number of nitrogens with zero attached hydrogens (tertiary/aromatic N) is 2. The van der Waals surface area contributed by atoms with Crippen molar-refractivity contribution in [1.29, 1.82) is 0 Å². The van der Waals surface area contributed by atoms with E-state index in [9.17, 15) is 4.79 Å². The van der Waals surface area contributed by atoms with Gasteiger partial charge in [0.15, 0.2) is 0 Å². The van der Waals surface area contributed by atoms with Crippen molar-refractivity contribution >= 4 is 16.9 Å². The van der Waals surface area contributed by atoms with Gasteiger partial charge in [0.05, 0.1) is 11.0 Å². The number of para-hydroxylation sites is 2. The Morgan fingerprint density at radius 3 is 2.38 bits per heavy atom. The number of carbonyl (C=O) groups excluding carboxylic acids is 1. The molecule has 4 nitrogen and oxygen atoms in total. The lowest BCUT2D eigenvalue weighted by atomic mass is 9.88. The highest BCUT2D eigenvalue weighted by atomic mass is 16.2. The summed E-state index contributed by atoms with van der Waals surface area (Å²) in [5.41, 5.74) is 5.23. The Hall–Kier alpha value is -1.84. The molecule has 24 heavy (non-hydrogen) atoms. The van der Waals surface area contributed by atoms with Gasteiger partial charge < -0.3 is 0 Å². The second-order valence-electron chi connectivity index (χ2n) is 7.44. The zero-order chi connectivity index (χ0) is 16.4. The van der Waals surface area contributed by atoms with E-state index in [1.54, 1.807) is 0 Å². The van der Waals surface area contributed by atoms with Gasteiger partial charge in [-0.25, -0.2) is 9.66 Å². The molecule has 2 aliphatic rings. The van der Waals surface area contributed by atoms with Crippen molar-refractivity contribution < 1.29 is 4.79 Å². The largest absolute Gasteiger partial charge is 0.273 e. The van der Waals surface area contributed by atoms with Crippen molar-refractivity contribution in [3.63, 3.8) is 0 Å². The third kappa shape index (κ3) is 3.06. The Labute approximate surface area is 143 Å². The second kappa shape index (κ2) is 6.96. The molecule has 1 aromatic heterocycles. The molecule has 0 radical (unpaired) electrons. The molecule has 0 spiro atoms. The first-order valence-electron chi connectivity index (χ1n) is 9.61. The van der Waals surface area contributed by atoms with Gasteiger partial charge >= 0.3 is 0 Å². The van der Waals surface area contributed by atoms with Crippen LogP contribution >= 0.6 is 0 Å². The summed E-state index contributed by atoms with van der Waals surface area (Å²) in [7, 11) is 0. The standard InChI is InChI=1S/C20H27N3O/c24-20(16-11-5-2-6-12-16)22-23-18-14-8-7-13-17(18)21-19(23)15-9-3-1-4-10-15/h7-8,13-16H,1-6,9-12H2,(H,22,24). The molecule has 2 fully saturated rings. The van der Waals surface area contributed by atoms with Crippen molar-refractivity contribution in [3.8, 4) is 0 Å². The van der Waals surface area contributed by atoms with E-state index < -0.39 is 0 Å². The van der Waals surface area contributed by atoms with Gasteiger partial charge in [0.25, 0.3) is 0 Å². The molecule has 4 heteroatoms. The van der Waals surface area contributed by atoms with Crippen LogP contribution in [0.25, 0.3) is 11.0 Å². The first-order valence-corrected chi connectivity index (χ1v) is 9.61. The molecule has 128 valence electrons. The molecule has 1 aromatic carbocycles. The summed E-state index contributed by atoms with van der Waals surface area (Å²) in [4.78, 5) is 17.7. The van der Waals surface area contributed by atoms with E-state index in [1.807, 2.05) is 22.9 Å². The lowest BCUT2D eigenvalue weighted by molar-refractivity contribution is -0.121. The SMILES string of the molecule is O=C(Nn1c(C2CCCCC2)nc2ccccc21)C1CCCCC1. The Balaban J connectivity index is 1.65. The van der Waals surface area contributed by atoms with Crippen LogP contribution in [-0.4, -0.2) is 15.6 Å². The summed E-state index contributed by atoms with van der Waals surface area (Å²) in [5, 5.41) is 0. The molecule has 0 aliphatic heterocycles. The number of aromatic nitrogens is 2. The number of hydrogen-bond acceptors (Lipinski definition) is 2. The van der Waals surface area contributed by atoms with Crippen LogP contribution in [0.5, 0.6) is 0 Å². The normalized spacial score (nSPS) is 20.3. The average molecular weight is 325 g/mol. The van der Waals surface area contributed by atoms with E-state index in [-0.39, 0.29) is 11.8 Å². The summed E-state index contributed by atoms with van der Waals surface area (Å²) in [6, 6.07) is 8.16. The average Bonchev–Trinajstić information content (AvgIpc) is 3.02. The zero-order valence-corrected chi connectivity index (χ0v) is 14.3. The summed E-state index contributed by atoms with van der Waals surface area (Å²) in [5.74, 6) is 1.87. The summed E-state index contributed by atoms with van der Waals surface area (Å²) < 4.78 is 2.00. The molecular weight excluding hydrogens is 298 g/mol. The van der Waals surface area contributed by atoms with Crippen LogP contribution in [0.1, 0.15) is 76.0 Å². The van der Waals surface area contributed by atoms with Crippen LogP contribution in [0.15, 0.2) is 24.3 Å². The van der Waals surface area contributed by atoms with Crippen molar-refractivity contribution in [2.75, 3.05) is 5.43 Å². The number of carbonyl (C=O) groups is 1. The highest BCUT2D eigenvalue weighted by molar-refractivity contribution is 5.88. The fourth-order valence-electron chi connectivity index (χ4n) is 4.36. The molecule has 0 atom stereocenters. The van der Waals surface area contributed by atoms with Gasteiger partial charge in [-0.05, 0) is 37.8 Å². The third-order valence-electron chi connectivity index (χ3n) is 5.76. The highest BCUT2D eigenvalue weighted by Gasteiger charge is 2.26. The first kappa shape index (κ1) is 15.7. The number of benzene rings is 1. The Kier molecular flexibility index (Phi) is 4.54. The quantitative estimate of drug-likeness (QED) is 0.886. The van der Waals surface area contributed by atoms with E-state index >= 15 is 0 Å². The minimum atomic E-state index is 0.166. The topological polar surface area (TPSA) is 46.9 Å². The van der Waals surface area contributed by atoms with E-state index in [4.69, 9.17) is 4.98 Å². The minimum absolute atomic E-state index is 0.166. The van der Waals surface area contributed by atoms with Gasteiger partial charge in [0, 0.05) is 11.8 Å². The number of imidazole rings is 1. The van der Waals surface area contributed by atoms with Crippen LogP contribution in [-0.2, 0) is 4.79 Å². The first-order chi connectivity index (χ1) is 11.8. The summed E-state index contributed by atoms with van der Waals surface area (Å²) in [6.45, 7) is 0. The number of fused-ring (bicyclic) bond motifs is 1. The van der Waals surface area contributed by atoms with E-state index in [0.717, 1.165) is 29.7 Å². The van der Waals surface area contributed by atoms with Crippen LogP contribution in [0.3, 0.4) is 0 Å². The predicted molar refractivity (Wildman–Crippen MR) is 96.5 cm³/mol. The monoisotopic (exact) mass is 325 g/mol. The summed E-state index contributed by atoms with van der Waals surface area (Å²) >= 11 is 0. The van der Waals surface area contributed by atoms with Crippen molar-refractivity contribution in [3.05, 3.63) is 30.1 Å². The molecule has 0 unspecified atom stereocenters. The molecule has 2 saturated carbocycles.